The van der Waals surface area contributed by atoms with Crippen LogP contribution >= 0.6 is 11.6 Å². The summed E-state index contributed by atoms with van der Waals surface area (Å²) in [5.74, 6) is 1.01. The number of rotatable bonds is 4. The molecule has 1 aromatic rings. The number of benzene rings is 1. The SMILES string of the molecule is COc1cc(O[Si](C)(C)C(C)(C)C)c(C(C)=O)cc1Cl. The molecule has 0 aliphatic carbocycles. The van der Waals surface area contributed by atoms with Crippen LogP contribution in [0.4, 0.5) is 0 Å². The highest BCUT2D eigenvalue weighted by atomic mass is 35.5. The summed E-state index contributed by atoms with van der Waals surface area (Å²) in [6.07, 6.45) is 0. The molecule has 1 rings (SSSR count). The van der Waals surface area contributed by atoms with Gasteiger partial charge in [0.05, 0.1) is 17.7 Å². The fraction of sp³-hybridized carbons (Fsp3) is 0.533. The van der Waals surface area contributed by atoms with E-state index in [-0.39, 0.29) is 10.8 Å². The number of methoxy groups -OCH3 is 1. The number of carbonyl (C=O) groups excluding carboxylic acids is 1. The fourth-order valence-electron chi connectivity index (χ4n) is 1.48. The van der Waals surface area contributed by atoms with Crippen molar-refractivity contribution in [2.45, 2.75) is 45.8 Å². The second-order valence-corrected chi connectivity index (χ2v) is 11.5. The van der Waals surface area contributed by atoms with E-state index >= 15 is 0 Å². The van der Waals surface area contributed by atoms with E-state index in [1.54, 1.807) is 19.2 Å². The van der Waals surface area contributed by atoms with E-state index < -0.39 is 8.32 Å². The molecule has 1 aromatic carbocycles. The van der Waals surface area contributed by atoms with Gasteiger partial charge in [-0.2, -0.15) is 0 Å². The van der Waals surface area contributed by atoms with Crippen molar-refractivity contribution in [2.75, 3.05) is 7.11 Å². The van der Waals surface area contributed by atoms with Gasteiger partial charge >= 0.3 is 0 Å². The normalized spacial score (nSPS) is 12.2. The molecule has 112 valence electrons. The Balaban J connectivity index is 3.33. The quantitative estimate of drug-likeness (QED) is 0.583. The minimum absolute atomic E-state index is 0.0495. The lowest BCUT2D eigenvalue weighted by molar-refractivity contribution is 0.101. The first-order chi connectivity index (χ1) is 8.99. The summed E-state index contributed by atoms with van der Waals surface area (Å²) in [5, 5.41) is 0.466. The molecule has 0 amide bonds. The van der Waals surface area contributed by atoms with Crippen LogP contribution in [0.3, 0.4) is 0 Å². The smallest absolute Gasteiger partial charge is 0.250 e. The second-order valence-electron chi connectivity index (χ2n) is 6.40. The Kier molecular flexibility index (Phi) is 4.93. The van der Waals surface area contributed by atoms with Gasteiger partial charge in [-0.1, -0.05) is 32.4 Å². The Morgan fingerprint density at radius 2 is 1.75 bits per heavy atom. The largest absolute Gasteiger partial charge is 0.543 e. The third-order valence-corrected chi connectivity index (χ3v) is 8.44. The average molecular weight is 315 g/mol. The topological polar surface area (TPSA) is 35.5 Å². The maximum absolute atomic E-state index is 11.8. The zero-order chi connectivity index (χ0) is 15.7. The summed E-state index contributed by atoms with van der Waals surface area (Å²) in [4.78, 5) is 11.8. The van der Waals surface area contributed by atoms with Crippen molar-refractivity contribution in [1.82, 2.24) is 0 Å². The van der Waals surface area contributed by atoms with Gasteiger partial charge in [-0.3, -0.25) is 4.79 Å². The van der Waals surface area contributed by atoms with Gasteiger partial charge in [0.2, 0.25) is 0 Å². The predicted octanol–water partition coefficient (Wildman–Crippen LogP) is 4.94. The van der Waals surface area contributed by atoms with Gasteiger partial charge in [-0.05, 0) is 31.1 Å². The van der Waals surface area contributed by atoms with E-state index in [4.69, 9.17) is 20.8 Å². The molecule has 0 aliphatic rings. The van der Waals surface area contributed by atoms with E-state index in [9.17, 15) is 4.79 Å². The molecule has 0 aliphatic heterocycles. The highest BCUT2D eigenvalue weighted by molar-refractivity contribution is 6.74. The number of hydrogen-bond acceptors (Lipinski definition) is 3. The number of ketones is 1. The average Bonchev–Trinajstić information content (AvgIpc) is 2.28. The minimum Gasteiger partial charge on any atom is -0.543 e. The van der Waals surface area contributed by atoms with Gasteiger partial charge in [0.25, 0.3) is 8.32 Å². The van der Waals surface area contributed by atoms with Gasteiger partial charge in [0, 0.05) is 6.07 Å². The minimum atomic E-state index is -2.03. The standard InChI is InChI=1S/C15H23ClO3Si/c1-10(17)11-8-12(16)14(18-5)9-13(11)19-20(6,7)15(2,3)4/h8-9H,1-7H3. The van der Waals surface area contributed by atoms with Crippen LogP contribution in [0.15, 0.2) is 12.1 Å². The molecule has 0 atom stereocenters. The third-order valence-electron chi connectivity index (χ3n) is 3.80. The molecule has 3 nitrogen and oxygen atoms in total. The van der Waals surface area contributed by atoms with Crippen LogP contribution in [0.1, 0.15) is 38.1 Å². The van der Waals surface area contributed by atoms with Crippen LogP contribution < -0.4 is 9.16 Å². The number of halogens is 1. The number of hydrogen-bond donors (Lipinski definition) is 0. The van der Waals surface area contributed by atoms with Crippen molar-refractivity contribution < 1.29 is 14.0 Å². The Bertz CT molecular complexity index is 519. The van der Waals surface area contributed by atoms with Crippen LogP contribution in [0, 0.1) is 0 Å². The summed E-state index contributed by atoms with van der Waals surface area (Å²) >= 11 is 6.09. The van der Waals surface area contributed by atoms with E-state index in [0.717, 1.165) is 0 Å². The lowest BCUT2D eigenvalue weighted by Crippen LogP contribution is -2.44. The molecule has 0 unspecified atom stereocenters. The van der Waals surface area contributed by atoms with Crippen molar-refractivity contribution in [1.29, 1.82) is 0 Å². The van der Waals surface area contributed by atoms with Crippen LogP contribution in [0.25, 0.3) is 0 Å². The Labute approximate surface area is 127 Å². The van der Waals surface area contributed by atoms with E-state index in [2.05, 4.69) is 33.9 Å². The zero-order valence-electron chi connectivity index (χ0n) is 13.3. The molecule has 0 spiro atoms. The Morgan fingerprint density at radius 3 is 2.15 bits per heavy atom. The molecule has 0 aromatic heterocycles. The van der Waals surface area contributed by atoms with Gasteiger partial charge in [0.15, 0.2) is 5.78 Å². The van der Waals surface area contributed by atoms with E-state index in [1.807, 2.05) is 0 Å². The molecule has 0 N–H and O–H groups in total. The van der Waals surface area contributed by atoms with Crippen molar-refractivity contribution >= 4 is 25.7 Å². The highest BCUT2D eigenvalue weighted by Crippen LogP contribution is 2.40. The molecule has 0 radical (unpaired) electrons. The lowest BCUT2D eigenvalue weighted by atomic mass is 10.1. The molecule has 0 heterocycles. The molecular weight excluding hydrogens is 292 g/mol. The van der Waals surface area contributed by atoms with Gasteiger partial charge < -0.3 is 9.16 Å². The van der Waals surface area contributed by atoms with Crippen molar-refractivity contribution in [3.63, 3.8) is 0 Å². The third kappa shape index (κ3) is 3.55. The van der Waals surface area contributed by atoms with E-state index in [1.165, 1.54) is 6.92 Å². The first-order valence-electron chi connectivity index (χ1n) is 6.57. The molecule has 0 fully saturated rings. The summed E-state index contributed by atoms with van der Waals surface area (Å²) < 4.78 is 11.4. The van der Waals surface area contributed by atoms with Crippen LogP contribution in [0.2, 0.25) is 23.2 Å². The van der Waals surface area contributed by atoms with E-state index in [0.29, 0.717) is 22.1 Å². The second kappa shape index (κ2) is 5.78. The predicted molar refractivity (Wildman–Crippen MR) is 85.8 cm³/mol. The Morgan fingerprint density at radius 1 is 1.20 bits per heavy atom. The molecule has 0 bridgehead atoms. The van der Waals surface area contributed by atoms with Crippen molar-refractivity contribution in [3.8, 4) is 11.5 Å². The van der Waals surface area contributed by atoms with Crippen LogP contribution in [-0.4, -0.2) is 21.2 Å². The van der Waals surface area contributed by atoms with Gasteiger partial charge in [-0.25, -0.2) is 0 Å². The molecule has 0 saturated carbocycles. The number of Topliss-reactive ketones (excluding diaryl/α,β-unsaturated/α-hetero) is 1. The van der Waals surface area contributed by atoms with Crippen LogP contribution in [-0.2, 0) is 0 Å². The first kappa shape index (κ1) is 17.0. The molecular formula is C15H23ClO3Si. The van der Waals surface area contributed by atoms with Gasteiger partial charge in [0.1, 0.15) is 11.5 Å². The maximum Gasteiger partial charge on any atom is 0.250 e. The molecule has 0 saturated heterocycles. The summed E-state index contributed by atoms with van der Waals surface area (Å²) in [6, 6.07) is 3.32. The summed E-state index contributed by atoms with van der Waals surface area (Å²) in [6.45, 7) is 12.2. The van der Waals surface area contributed by atoms with Crippen LogP contribution in [0.5, 0.6) is 11.5 Å². The number of carbonyl (C=O) groups is 1. The maximum atomic E-state index is 11.8. The number of ether oxygens (including phenoxy) is 1. The lowest BCUT2D eigenvalue weighted by Gasteiger charge is -2.37. The Hall–Kier alpha value is -1.00. The van der Waals surface area contributed by atoms with Gasteiger partial charge in [-0.15, -0.1) is 0 Å². The monoisotopic (exact) mass is 314 g/mol. The van der Waals surface area contributed by atoms with Crippen molar-refractivity contribution in [3.05, 3.63) is 22.7 Å². The summed E-state index contributed by atoms with van der Waals surface area (Å²) in [5.41, 5.74) is 0.501. The van der Waals surface area contributed by atoms with Crippen molar-refractivity contribution in [2.24, 2.45) is 0 Å². The zero-order valence-corrected chi connectivity index (χ0v) is 15.0. The molecule has 20 heavy (non-hydrogen) atoms. The highest BCUT2D eigenvalue weighted by Gasteiger charge is 2.39. The fourth-order valence-corrected chi connectivity index (χ4v) is 2.74. The summed E-state index contributed by atoms with van der Waals surface area (Å²) in [7, 11) is -0.481. The molecule has 5 heteroatoms. The first-order valence-corrected chi connectivity index (χ1v) is 9.85.